The number of carbonyl (C=O) groups is 1. The molecule has 0 saturated carbocycles. The minimum Gasteiger partial charge on any atom is -0.298 e. The van der Waals surface area contributed by atoms with Gasteiger partial charge in [-0.05, 0) is 12.5 Å². The van der Waals surface area contributed by atoms with Gasteiger partial charge in [-0.2, -0.15) is 5.10 Å². The van der Waals surface area contributed by atoms with Gasteiger partial charge in [0.25, 0.3) is 0 Å². The van der Waals surface area contributed by atoms with Gasteiger partial charge in [-0.3, -0.25) is 4.79 Å². The van der Waals surface area contributed by atoms with E-state index >= 15 is 0 Å². The number of nitrogens with zero attached hydrogens (tertiary/aromatic N) is 3. The monoisotopic (exact) mass is 203 g/mol. The lowest BCUT2D eigenvalue weighted by Gasteiger charge is -2.00. The number of aromatic nitrogens is 3. The van der Waals surface area contributed by atoms with E-state index in [1.54, 1.807) is 12.4 Å². The Kier molecular flexibility index (Phi) is 2.76. The Labute approximate surface area is 87.9 Å². The summed E-state index contributed by atoms with van der Waals surface area (Å²) in [6.45, 7) is 3.02. The van der Waals surface area contributed by atoms with Crippen molar-refractivity contribution >= 4 is 17.3 Å². The summed E-state index contributed by atoms with van der Waals surface area (Å²) >= 11 is 0. The van der Waals surface area contributed by atoms with Crippen LogP contribution in [0.3, 0.4) is 0 Å². The minimum absolute atomic E-state index is 0.595. The molecule has 4 heteroatoms. The number of hydrogen-bond acceptors (Lipinski definition) is 3. The van der Waals surface area contributed by atoms with Crippen molar-refractivity contribution in [2.75, 3.05) is 0 Å². The average Bonchev–Trinajstić information content (AvgIpc) is 2.68. The molecule has 78 valence electrons. The second-order valence-corrected chi connectivity index (χ2v) is 3.52. The Morgan fingerprint density at radius 1 is 1.47 bits per heavy atom. The molecule has 0 radical (unpaired) electrons. The molecule has 0 amide bonds. The summed E-state index contributed by atoms with van der Waals surface area (Å²) in [5, 5.41) is 5.17. The summed E-state index contributed by atoms with van der Waals surface area (Å²) in [6, 6.07) is 1.81. The van der Waals surface area contributed by atoms with E-state index in [0.717, 1.165) is 36.7 Å². The van der Waals surface area contributed by atoms with Crippen LogP contribution in [0.15, 0.2) is 18.5 Å². The first-order valence-electron chi connectivity index (χ1n) is 5.12. The van der Waals surface area contributed by atoms with Gasteiger partial charge in [0.05, 0.1) is 6.20 Å². The van der Waals surface area contributed by atoms with Crippen molar-refractivity contribution in [1.82, 2.24) is 14.8 Å². The SMILES string of the molecule is CCCCn1ncc2cc(C=O)cnc21. The second kappa shape index (κ2) is 4.21. The molecule has 2 aromatic rings. The largest absolute Gasteiger partial charge is 0.298 e. The lowest BCUT2D eigenvalue weighted by Crippen LogP contribution is -2.00. The minimum atomic E-state index is 0.595. The van der Waals surface area contributed by atoms with Crippen molar-refractivity contribution in [2.45, 2.75) is 26.3 Å². The van der Waals surface area contributed by atoms with Crippen LogP contribution in [-0.2, 0) is 6.54 Å². The van der Waals surface area contributed by atoms with E-state index in [1.807, 2.05) is 10.7 Å². The highest BCUT2D eigenvalue weighted by Crippen LogP contribution is 2.12. The van der Waals surface area contributed by atoms with Gasteiger partial charge in [0.2, 0.25) is 0 Å². The smallest absolute Gasteiger partial charge is 0.157 e. The molecular formula is C11H13N3O. The molecule has 4 nitrogen and oxygen atoms in total. The first kappa shape index (κ1) is 9.83. The van der Waals surface area contributed by atoms with Crippen molar-refractivity contribution in [3.05, 3.63) is 24.0 Å². The Morgan fingerprint density at radius 3 is 3.07 bits per heavy atom. The van der Waals surface area contributed by atoms with Crippen LogP contribution in [-0.4, -0.2) is 21.1 Å². The lowest BCUT2D eigenvalue weighted by molar-refractivity contribution is 0.112. The van der Waals surface area contributed by atoms with Crippen LogP contribution in [0.2, 0.25) is 0 Å². The third kappa shape index (κ3) is 1.88. The molecule has 2 rings (SSSR count). The van der Waals surface area contributed by atoms with Crippen molar-refractivity contribution in [2.24, 2.45) is 0 Å². The zero-order chi connectivity index (χ0) is 10.7. The number of pyridine rings is 1. The molecule has 0 aromatic carbocycles. The molecule has 0 saturated heterocycles. The van der Waals surface area contributed by atoms with Crippen LogP contribution in [0.1, 0.15) is 30.1 Å². The molecule has 0 unspecified atom stereocenters. The van der Waals surface area contributed by atoms with E-state index in [4.69, 9.17) is 0 Å². The maximum atomic E-state index is 10.6. The third-order valence-electron chi connectivity index (χ3n) is 2.36. The molecule has 0 aliphatic carbocycles. The van der Waals surface area contributed by atoms with Gasteiger partial charge in [0, 0.05) is 23.7 Å². The number of carbonyl (C=O) groups excluding carboxylic acids is 1. The maximum Gasteiger partial charge on any atom is 0.157 e. The van der Waals surface area contributed by atoms with E-state index < -0.39 is 0 Å². The van der Waals surface area contributed by atoms with Crippen molar-refractivity contribution in [3.63, 3.8) is 0 Å². The van der Waals surface area contributed by atoms with Gasteiger partial charge in [0.15, 0.2) is 11.9 Å². The Morgan fingerprint density at radius 2 is 2.33 bits per heavy atom. The fourth-order valence-electron chi connectivity index (χ4n) is 1.52. The Balaban J connectivity index is 2.38. The molecule has 2 heterocycles. The number of aryl methyl sites for hydroxylation is 1. The highest BCUT2D eigenvalue weighted by Gasteiger charge is 2.03. The second-order valence-electron chi connectivity index (χ2n) is 3.52. The molecule has 0 bridgehead atoms. The standard InChI is InChI=1S/C11H13N3O/c1-2-3-4-14-11-10(7-13-14)5-9(8-15)6-12-11/h5-8H,2-4H2,1H3. The number of rotatable bonds is 4. The topological polar surface area (TPSA) is 47.8 Å². The molecule has 0 aliphatic heterocycles. The van der Waals surface area contributed by atoms with Crippen LogP contribution in [0.25, 0.3) is 11.0 Å². The van der Waals surface area contributed by atoms with Gasteiger partial charge < -0.3 is 0 Å². The van der Waals surface area contributed by atoms with Crippen molar-refractivity contribution in [3.8, 4) is 0 Å². The fraction of sp³-hybridized carbons (Fsp3) is 0.364. The Hall–Kier alpha value is -1.71. The normalized spacial score (nSPS) is 10.7. The summed E-state index contributed by atoms with van der Waals surface area (Å²) in [7, 11) is 0. The predicted molar refractivity (Wildman–Crippen MR) is 57.8 cm³/mol. The average molecular weight is 203 g/mol. The zero-order valence-corrected chi connectivity index (χ0v) is 8.68. The van der Waals surface area contributed by atoms with Crippen LogP contribution in [0.5, 0.6) is 0 Å². The van der Waals surface area contributed by atoms with Gasteiger partial charge in [-0.1, -0.05) is 13.3 Å². The molecule has 2 aromatic heterocycles. The van der Waals surface area contributed by atoms with Crippen molar-refractivity contribution < 1.29 is 4.79 Å². The van der Waals surface area contributed by atoms with E-state index in [-0.39, 0.29) is 0 Å². The quantitative estimate of drug-likeness (QED) is 0.714. The van der Waals surface area contributed by atoms with Gasteiger partial charge >= 0.3 is 0 Å². The molecule has 15 heavy (non-hydrogen) atoms. The highest BCUT2D eigenvalue weighted by molar-refractivity contribution is 5.83. The van der Waals surface area contributed by atoms with Crippen LogP contribution < -0.4 is 0 Å². The molecule has 0 atom stereocenters. The summed E-state index contributed by atoms with van der Waals surface area (Å²) in [6.07, 6.45) is 6.36. The van der Waals surface area contributed by atoms with Gasteiger partial charge in [-0.25, -0.2) is 9.67 Å². The fourth-order valence-corrected chi connectivity index (χ4v) is 1.52. The molecule has 0 aliphatic rings. The van der Waals surface area contributed by atoms with Gasteiger partial charge in [0.1, 0.15) is 0 Å². The first-order chi connectivity index (χ1) is 7.35. The number of unbranched alkanes of at least 4 members (excludes halogenated alkanes) is 1. The maximum absolute atomic E-state index is 10.6. The van der Waals surface area contributed by atoms with E-state index in [9.17, 15) is 4.79 Å². The number of fused-ring (bicyclic) bond motifs is 1. The van der Waals surface area contributed by atoms with Gasteiger partial charge in [-0.15, -0.1) is 0 Å². The molecule has 0 fully saturated rings. The summed E-state index contributed by atoms with van der Waals surface area (Å²) < 4.78 is 1.88. The van der Waals surface area contributed by atoms with E-state index in [1.165, 1.54) is 0 Å². The highest BCUT2D eigenvalue weighted by atomic mass is 16.1. The van der Waals surface area contributed by atoms with E-state index in [0.29, 0.717) is 5.56 Å². The third-order valence-corrected chi connectivity index (χ3v) is 2.36. The molecule has 0 N–H and O–H groups in total. The molecule has 0 spiro atoms. The molecular weight excluding hydrogens is 190 g/mol. The van der Waals surface area contributed by atoms with E-state index in [2.05, 4.69) is 17.0 Å². The van der Waals surface area contributed by atoms with Crippen LogP contribution in [0, 0.1) is 0 Å². The number of hydrogen-bond donors (Lipinski definition) is 0. The Bertz CT molecular complexity index is 476. The summed E-state index contributed by atoms with van der Waals surface area (Å²) in [5.74, 6) is 0. The lowest BCUT2D eigenvalue weighted by atomic mass is 10.2. The predicted octanol–water partition coefficient (Wildman–Crippen LogP) is 2.04. The van der Waals surface area contributed by atoms with Crippen LogP contribution in [0.4, 0.5) is 0 Å². The number of aldehydes is 1. The summed E-state index contributed by atoms with van der Waals surface area (Å²) in [5.41, 5.74) is 1.45. The van der Waals surface area contributed by atoms with Crippen molar-refractivity contribution in [1.29, 1.82) is 0 Å². The summed E-state index contributed by atoms with van der Waals surface area (Å²) in [4.78, 5) is 14.8. The zero-order valence-electron chi connectivity index (χ0n) is 8.68. The first-order valence-corrected chi connectivity index (χ1v) is 5.12. The van der Waals surface area contributed by atoms with Crippen LogP contribution >= 0.6 is 0 Å².